The molecule has 3 rings (SSSR count). The van der Waals surface area contributed by atoms with Gasteiger partial charge in [0.2, 0.25) is 0 Å². The summed E-state index contributed by atoms with van der Waals surface area (Å²) in [5, 5.41) is 0. The van der Waals surface area contributed by atoms with E-state index in [0.717, 1.165) is 22.6 Å². The molecule has 0 spiro atoms. The molecule has 0 aliphatic carbocycles. The third-order valence-corrected chi connectivity index (χ3v) is 3.56. The number of hydrogen-bond donors (Lipinski definition) is 1. The van der Waals surface area contributed by atoms with E-state index in [4.69, 9.17) is 15.2 Å². The van der Waals surface area contributed by atoms with E-state index in [-0.39, 0.29) is 0 Å². The fourth-order valence-electron chi connectivity index (χ4n) is 2.29. The van der Waals surface area contributed by atoms with Crippen LogP contribution in [0.1, 0.15) is 18.1 Å². The summed E-state index contributed by atoms with van der Waals surface area (Å²) in [6, 6.07) is 15.8. The molecular formula is C18H19NO2. The van der Waals surface area contributed by atoms with Crippen molar-refractivity contribution in [1.29, 1.82) is 0 Å². The maximum absolute atomic E-state index is 6.05. The number of nitrogens with two attached hydrogens (primary N) is 1. The summed E-state index contributed by atoms with van der Waals surface area (Å²) < 4.78 is 11.9. The Morgan fingerprint density at radius 1 is 1.10 bits per heavy atom. The highest BCUT2D eigenvalue weighted by Gasteiger charge is 2.28. The van der Waals surface area contributed by atoms with Crippen LogP contribution in [0.25, 0.3) is 6.08 Å². The van der Waals surface area contributed by atoms with Crippen molar-refractivity contribution in [3.05, 3.63) is 65.7 Å². The smallest absolute Gasteiger partial charge is 0.158 e. The Bertz CT molecular complexity index is 649. The zero-order valence-electron chi connectivity index (χ0n) is 12.1. The van der Waals surface area contributed by atoms with Crippen LogP contribution in [0.3, 0.4) is 0 Å². The molecule has 2 aromatic carbocycles. The third-order valence-electron chi connectivity index (χ3n) is 3.56. The molecule has 0 saturated carbocycles. The quantitative estimate of drug-likeness (QED) is 0.934. The minimum Gasteiger partial charge on any atom is -0.489 e. The molecule has 0 radical (unpaired) electrons. The van der Waals surface area contributed by atoms with Crippen molar-refractivity contribution in [3.8, 4) is 11.5 Å². The largest absolute Gasteiger partial charge is 0.489 e. The summed E-state index contributed by atoms with van der Waals surface area (Å²) in [4.78, 5) is 0. The highest BCUT2D eigenvalue weighted by atomic mass is 16.5. The molecule has 0 amide bonds. The second-order valence-corrected chi connectivity index (χ2v) is 5.42. The molecule has 21 heavy (non-hydrogen) atoms. The van der Waals surface area contributed by atoms with Gasteiger partial charge in [0.1, 0.15) is 18.1 Å². The van der Waals surface area contributed by atoms with Crippen molar-refractivity contribution in [1.82, 2.24) is 0 Å². The van der Waals surface area contributed by atoms with Crippen LogP contribution in [0.4, 0.5) is 0 Å². The van der Waals surface area contributed by atoms with Gasteiger partial charge in [-0.1, -0.05) is 36.4 Å². The molecule has 1 unspecified atom stereocenters. The van der Waals surface area contributed by atoms with Crippen molar-refractivity contribution in [2.24, 2.45) is 5.73 Å². The van der Waals surface area contributed by atoms with Gasteiger partial charge in [0, 0.05) is 12.1 Å². The minimum absolute atomic E-state index is 0.457. The van der Waals surface area contributed by atoms with Gasteiger partial charge in [-0.15, -0.1) is 0 Å². The summed E-state index contributed by atoms with van der Waals surface area (Å²) in [6.07, 6.45) is 4.13. The standard InChI is InChI=1S/C18H19NO2/c1-18(11-10-15-4-2-3-5-17(15)21-18)13-20-16-8-6-14(12-19)7-9-16/h2-11H,12-13,19H2,1H3. The number of fused-ring (bicyclic) bond motifs is 1. The van der Waals surface area contributed by atoms with Crippen LogP contribution in [0.5, 0.6) is 11.5 Å². The molecule has 108 valence electrons. The van der Waals surface area contributed by atoms with Gasteiger partial charge < -0.3 is 15.2 Å². The fourth-order valence-corrected chi connectivity index (χ4v) is 2.29. The van der Waals surface area contributed by atoms with E-state index in [2.05, 4.69) is 6.08 Å². The highest BCUT2D eigenvalue weighted by molar-refractivity contribution is 5.60. The number of rotatable bonds is 4. The van der Waals surface area contributed by atoms with Gasteiger partial charge in [0.25, 0.3) is 0 Å². The predicted molar refractivity (Wildman–Crippen MR) is 84.3 cm³/mol. The number of benzene rings is 2. The van der Waals surface area contributed by atoms with Crippen molar-refractivity contribution >= 4 is 6.08 Å². The Kier molecular flexibility index (Phi) is 3.67. The van der Waals surface area contributed by atoms with E-state index in [1.807, 2.05) is 61.5 Å². The van der Waals surface area contributed by atoms with Crippen molar-refractivity contribution < 1.29 is 9.47 Å². The molecule has 2 N–H and O–H groups in total. The van der Waals surface area contributed by atoms with Gasteiger partial charge in [0.15, 0.2) is 5.60 Å². The van der Waals surface area contributed by atoms with Gasteiger partial charge in [0.05, 0.1) is 0 Å². The topological polar surface area (TPSA) is 44.5 Å². The van der Waals surface area contributed by atoms with Crippen LogP contribution in [0.2, 0.25) is 0 Å². The second-order valence-electron chi connectivity index (χ2n) is 5.42. The van der Waals surface area contributed by atoms with Crippen LogP contribution in [-0.4, -0.2) is 12.2 Å². The Morgan fingerprint density at radius 3 is 2.62 bits per heavy atom. The number of ether oxygens (including phenoxy) is 2. The molecule has 1 aliphatic rings. The van der Waals surface area contributed by atoms with Crippen molar-refractivity contribution in [2.45, 2.75) is 19.1 Å². The summed E-state index contributed by atoms with van der Waals surface area (Å²) in [5.74, 6) is 1.72. The Labute approximate surface area is 125 Å². The molecular weight excluding hydrogens is 262 g/mol. The van der Waals surface area contributed by atoms with Gasteiger partial charge in [-0.05, 0) is 36.8 Å². The van der Waals surface area contributed by atoms with E-state index in [1.165, 1.54) is 0 Å². The summed E-state index contributed by atoms with van der Waals surface area (Å²) in [5.41, 5.74) is 7.32. The van der Waals surface area contributed by atoms with Crippen molar-refractivity contribution in [2.75, 3.05) is 6.61 Å². The zero-order chi connectivity index (χ0) is 14.7. The summed E-state index contributed by atoms with van der Waals surface area (Å²) in [7, 11) is 0. The van der Waals surface area contributed by atoms with E-state index >= 15 is 0 Å². The number of hydrogen-bond acceptors (Lipinski definition) is 3. The van der Waals surface area contributed by atoms with Crippen LogP contribution >= 0.6 is 0 Å². The SMILES string of the molecule is CC1(COc2ccc(CN)cc2)C=Cc2ccccc2O1. The lowest BCUT2D eigenvalue weighted by Gasteiger charge is -2.31. The lowest BCUT2D eigenvalue weighted by Crippen LogP contribution is -2.38. The molecule has 1 atom stereocenters. The molecule has 3 heteroatoms. The normalized spacial score (nSPS) is 19.7. The summed E-state index contributed by atoms with van der Waals surface area (Å²) in [6.45, 7) is 3.02. The summed E-state index contributed by atoms with van der Waals surface area (Å²) >= 11 is 0. The molecule has 0 bridgehead atoms. The average molecular weight is 281 g/mol. The molecule has 3 nitrogen and oxygen atoms in total. The fraction of sp³-hybridized carbons (Fsp3) is 0.222. The Morgan fingerprint density at radius 2 is 1.86 bits per heavy atom. The minimum atomic E-state index is -0.457. The first-order chi connectivity index (χ1) is 10.2. The maximum atomic E-state index is 6.05. The highest BCUT2D eigenvalue weighted by Crippen LogP contribution is 2.31. The molecule has 0 fully saturated rings. The predicted octanol–water partition coefficient (Wildman–Crippen LogP) is 3.39. The van der Waals surface area contributed by atoms with Crippen LogP contribution in [0, 0.1) is 0 Å². The van der Waals surface area contributed by atoms with Crippen molar-refractivity contribution in [3.63, 3.8) is 0 Å². The monoisotopic (exact) mass is 281 g/mol. The van der Waals surface area contributed by atoms with Gasteiger partial charge >= 0.3 is 0 Å². The first-order valence-electron chi connectivity index (χ1n) is 7.08. The Hall–Kier alpha value is -2.26. The van der Waals surface area contributed by atoms with Gasteiger partial charge in [-0.3, -0.25) is 0 Å². The molecule has 1 aliphatic heterocycles. The van der Waals surface area contributed by atoms with E-state index in [1.54, 1.807) is 0 Å². The van der Waals surface area contributed by atoms with Crippen LogP contribution in [-0.2, 0) is 6.54 Å². The average Bonchev–Trinajstić information content (AvgIpc) is 2.53. The Balaban J connectivity index is 1.68. The zero-order valence-corrected chi connectivity index (χ0v) is 12.1. The van der Waals surface area contributed by atoms with Crippen LogP contribution in [0.15, 0.2) is 54.6 Å². The van der Waals surface area contributed by atoms with E-state index < -0.39 is 5.60 Å². The van der Waals surface area contributed by atoms with Crippen LogP contribution < -0.4 is 15.2 Å². The molecule has 2 aromatic rings. The lowest BCUT2D eigenvalue weighted by atomic mass is 10.0. The molecule has 0 saturated heterocycles. The maximum Gasteiger partial charge on any atom is 0.158 e. The second kappa shape index (κ2) is 5.62. The van der Waals surface area contributed by atoms with Gasteiger partial charge in [-0.25, -0.2) is 0 Å². The third kappa shape index (κ3) is 3.09. The number of para-hydroxylation sites is 1. The molecule has 0 aromatic heterocycles. The first kappa shape index (κ1) is 13.7. The lowest BCUT2D eigenvalue weighted by molar-refractivity contribution is 0.0755. The van der Waals surface area contributed by atoms with Gasteiger partial charge in [-0.2, -0.15) is 0 Å². The molecule has 1 heterocycles. The van der Waals surface area contributed by atoms with E-state index in [0.29, 0.717) is 13.2 Å². The first-order valence-corrected chi connectivity index (χ1v) is 7.08. The van der Waals surface area contributed by atoms with E-state index in [9.17, 15) is 0 Å².